The number of rotatable bonds is 7. The highest BCUT2D eigenvalue weighted by Gasteiger charge is 2.26. The van der Waals surface area contributed by atoms with Gasteiger partial charge in [0.1, 0.15) is 0 Å². The summed E-state index contributed by atoms with van der Waals surface area (Å²) >= 11 is 0. The number of carbonyl (C=O) groups excluding carboxylic acids is 1. The number of nitrogens with one attached hydrogen (secondary N) is 3. The second kappa shape index (κ2) is 9.85. The zero-order valence-electron chi connectivity index (χ0n) is 14.9. The molecule has 136 valence electrons. The van der Waals surface area contributed by atoms with E-state index in [0.717, 1.165) is 37.9 Å². The van der Waals surface area contributed by atoms with Crippen LogP contribution in [0.5, 0.6) is 0 Å². The lowest BCUT2D eigenvalue weighted by Gasteiger charge is -2.28. The van der Waals surface area contributed by atoms with Gasteiger partial charge in [0.05, 0.1) is 0 Å². The summed E-state index contributed by atoms with van der Waals surface area (Å²) in [6.45, 7) is 0.775. The molecule has 1 saturated carbocycles. The maximum Gasteiger partial charge on any atom is 0.227 e. The molecule has 5 nitrogen and oxygen atoms in total. The number of anilines is 1. The summed E-state index contributed by atoms with van der Waals surface area (Å²) in [7, 11) is 0. The van der Waals surface area contributed by atoms with E-state index in [2.05, 4.69) is 45.4 Å². The molecule has 1 aromatic carbocycles. The van der Waals surface area contributed by atoms with E-state index < -0.39 is 0 Å². The van der Waals surface area contributed by atoms with Crippen LogP contribution in [0.4, 0.5) is 5.69 Å². The van der Waals surface area contributed by atoms with Crippen molar-refractivity contribution in [2.24, 2.45) is 5.92 Å². The predicted octanol–water partition coefficient (Wildman–Crippen LogP) is 3.39. The van der Waals surface area contributed by atoms with Crippen molar-refractivity contribution in [2.75, 3.05) is 11.9 Å². The monoisotopic (exact) mass is 350 g/mol. The van der Waals surface area contributed by atoms with Crippen molar-refractivity contribution < 1.29 is 4.79 Å². The van der Waals surface area contributed by atoms with E-state index in [1.165, 1.54) is 5.56 Å². The summed E-state index contributed by atoms with van der Waals surface area (Å²) in [5, 5.41) is 2.98. The van der Waals surface area contributed by atoms with E-state index in [-0.39, 0.29) is 11.8 Å². The molecule has 3 N–H and O–H groups in total. The molecule has 0 spiro atoms. The van der Waals surface area contributed by atoms with Crippen LogP contribution in [-0.4, -0.2) is 23.5 Å². The highest BCUT2D eigenvalue weighted by molar-refractivity contribution is 5.92. The maximum atomic E-state index is 12.3. The van der Waals surface area contributed by atoms with E-state index in [1.807, 2.05) is 30.3 Å². The van der Waals surface area contributed by atoms with Crippen LogP contribution in [0.3, 0.4) is 0 Å². The zero-order valence-corrected chi connectivity index (χ0v) is 14.9. The quantitative estimate of drug-likeness (QED) is 0.529. The summed E-state index contributed by atoms with van der Waals surface area (Å²) in [5.41, 5.74) is 8.66. The van der Waals surface area contributed by atoms with Gasteiger partial charge in [0.15, 0.2) is 0 Å². The molecule has 0 saturated heterocycles. The zero-order chi connectivity index (χ0) is 18.0. The summed E-state index contributed by atoms with van der Waals surface area (Å²) in [4.78, 5) is 16.3. The van der Waals surface area contributed by atoms with Crippen LogP contribution in [0.1, 0.15) is 31.2 Å². The van der Waals surface area contributed by atoms with Crippen molar-refractivity contribution in [3.8, 4) is 0 Å². The molecule has 0 bridgehead atoms. The van der Waals surface area contributed by atoms with Crippen molar-refractivity contribution in [2.45, 2.75) is 31.7 Å². The van der Waals surface area contributed by atoms with Crippen molar-refractivity contribution >= 4 is 17.7 Å². The number of pyridine rings is 1. The molecular formula is C21H26N4O. The standard InChI is InChI=1S/C21H26N4O/c26-21(24-19-12-15-22-16-13-19)18-8-10-20(11-9-18)25-23-14-4-7-17-5-2-1-3-6-17/h1-7,12-13,15-16,18,20,23,25H,8-11,14H2,(H,22,24,26). The molecule has 2 aromatic rings. The summed E-state index contributed by atoms with van der Waals surface area (Å²) in [6.07, 6.45) is 11.4. The van der Waals surface area contributed by atoms with E-state index >= 15 is 0 Å². The van der Waals surface area contributed by atoms with Crippen molar-refractivity contribution in [1.29, 1.82) is 0 Å². The first-order chi connectivity index (χ1) is 12.8. The molecule has 1 heterocycles. The Labute approximate surface area is 154 Å². The molecular weight excluding hydrogens is 324 g/mol. The SMILES string of the molecule is O=C(Nc1ccncc1)C1CCC(NNCC=Cc2ccccc2)CC1. The van der Waals surface area contributed by atoms with Gasteiger partial charge in [-0.15, -0.1) is 0 Å². The second-order valence-corrected chi connectivity index (χ2v) is 6.61. The van der Waals surface area contributed by atoms with Crippen LogP contribution < -0.4 is 16.2 Å². The minimum Gasteiger partial charge on any atom is -0.326 e. The molecule has 1 aromatic heterocycles. The molecule has 26 heavy (non-hydrogen) atoms. The lowest BCUT2D eigenvalue weighted by molar-refractivity contribution is -0.120. The molecule has 0 aliphatic heterocycles. The number of amides is 1. The fourth-order valence-electron chi connectivity index (χ4n) is 3.20. The van der Waals surface area contributed by atoms with Crippen LogP contribution in [0.2, 0.25) is 0 Å². The fourth-order valence-corrected chi connectivity index (χ4v) is 3.20. The van der Waals surface area contributed by atoms with Gasteiger partial charge in [0.25, 0.3) is 0 Å². The van der Waals surface area contributed by atoms with Gasteiger partial charge in [0, 0.05) is 36.6 Å². The Morgan fingerprint density at radius 1 is 1.04 bits per heavy atom. The van der Waals surface area contributed by atoms with E-state index in [4.69, 9.17) is 0 Å². The molecule has 1 aliphatic carbocycles. The highest BCUT2D eigenvalue weighted by Crippen LogP contribution is 2.25. The van der Waals surface area contributed by atoms with Gasteiger partial charge in [-0.2, -0.15) is 0 Å². The number of aromatic nitrogens is 1. The molecule has 1 aliphatic rings. The lowest BCUT2D eigenvalue weighted by atomic mass is 9.85. The predicted molar refractivity (Wildman–Crippen MR) is 105 cm³/mol. The second-order valence-electron chi connectivity index (χ2n) is 6.61. The molecule has 1 amide bonds. The molecule has 5 heteroatoms. The largest absolute Gasteiger partial charge is 0.326 e. The Hall–Kier alpha value is -2.50. The van der Waals surface area contributed by atoms with Gasteiger partial charge in [-0.25, -0.2) is 0 Å². The highest BCUT2D eigenvalue weighted by atomic mass is 16.1. The molecule has 0 unspecified atom stereocenters. The van der Waals surface area contributed by atoms with E-state index in [1.54, 1.807) is 12.4 Å². The number of carbonyl (C=O) groups is 1. The minimum atomic E-state index is 0.0965. The Kier molecular flexibility index (Phi) is 6.93. The van der Waals surface area contributed by atoms with Crippen molar-refractivity contribution in [3.63, 3.8) is 0 Å². The number of hydrogen-bond acceptors (Lipinski definition) is 4. The first kappa shape index (κ1) is 18.3. The van der Waals surface area contributed by atoms with Crippen molar-refractivity contribution in [1.82, 2.24) is 15.8 Å². The number of hydrazine groups is 1. The third kappa shape index (κ3) is 5.79. The van der Waals surface area contributed by atoms with Crippen LogP contribution in [-0.2, 0) is 4.79 Å². The summed E-state index contributed by atoms with van der Waals surface area (Å²) in [5.74, 6) is 0.215. The molecule has 0 atom stereocenters. The van der Waals surface area contributed by atoms with E-state index in [0.29, 0.717) is 6.04 Å². The normalized spacial score (nSPS) is 20.2. The Balaban J connectivity index is 1.32. The van der Waals surface area contributed by atoms with Gasteiger partial charge in [-0.05, 0) is 43.4 Å². The maximum absolute atomic E-state index is 12.3. The molecule has 0 radical (unpaired) electrons. The number of hydrogen-bond donors (Lipinski definition) is 3. The Morgan fingerprint density at radius 3 is 2.50 bits per heavy atom. The average molecular weight is 350 g/mol. The van der Waals surface area contributed by atoms with E-state index in [9.17, 15) is 4.79 Å². The van der Waals surface area contributed by atoms with Gasteiger partial charge in [0.2, 0.25) is 5.91 Å². The summed E-state index contributed by atoms with van der Waals surface area (Å²) < 4.78 is 0. The van der Waals surface area contributed by atoms with Crippen LogP contribution in [0, 0.1) is 5.92 Å². The average Bonchev–Trinajstić information content (AvgIpc) is 2.70. The number of benzene rings is 1. The lowest BCUT2D eigenvalue weighted by Crippen LogP contribution is -2.43. The smallest absolute Gasteiger partial charge is 0.227 e. The topological polar surface area (TPSA) is 66.0 Å². The third-order valence-electron chi connectivity index (χ3n) is 4.68. The van der Waals surface area contributed by atoms with Crippen LogP contribution in [0.25, 0.3) is 6.08 Å². The van der Waals surface area contributed by atoms with Crippen LogP contribution in [0.15, 0.2) is 60.9 Å². The fraction of sp³-hybridized carbons (Fsp3) is 0.333. The third-order valence-corrected chi connectivity index (χ3v) is 4.68. The Morgan fingerprint density at radius 2 is 1.77 bits per heavy atom. The van der Waals surface area contributed by atoms with Gasteiger partial charge >= 0.3 is 0 Å². The van der Waals surface area contributed by atoms with Gasteiger partial charge in [-0.3, -0.25) is 20.6 Å². The summed E-state index contributed by atoms with van der Waals surface area (Å²) in [6, 6.07) is 14.3. The van der Waals surface area contributed by atoms with Crippen molar-refractivity contribution in [3.05, 3.63) is 66.5 Å². The number of nitrogens with zero attached hydrogens (tertiary/aromatic N) is 1. The van der Waals surface area contributed by atoms with Gasteiger partial charge in [-0.1, -0.05) is 42.5 Å². The van der Waals surface area contributed by atoms with Crippen LogP contribution >= 0.6 is 0 Å². The molecule has 1 fully saturated rings. The first-order valence-corrected chi connectivity index (χ1v) is 9.22. The van der Waals surface area contributed by atoms with Gasteiger partial charge < -0.3 is 5.32 Å². The first-order valence-electron chi connectivity index (χ1n) is 9.22. The molecule has 3 rings (SSSR count). The minimum absolute atomic E-state index is 0.0965. The Bertz CT molecular complexity index is 694.